The Kier molecular flexibility index (Phi) is 6.31. The Balaban J connectivity index is 1.68. The van der Waals surface area contributed by atoms with Crippen molar-refractivity contribution in [1.82, 2.24) is 10.2 Å². The predicted molar refractivity (Wildman–Crippen MR) is 117 cm³/mol. The molecule has 0 spiro atoms. The monoisotopic (exact) mass is 461 g/mol. The molecule has 2 aliphatic rings. The minimum Gasteiger partial charge on any atom is -0.394 e. The van der Waals surface area contributed by atoms with E-state index in [1.165, 1.54) is 4.90 Å². The van der Waals surface area contributed by atoms with E-state index >= 15 is 0 Å². The van der Waals surface area contributed by atoms with Crippen LogP contribution < -0.4 is 5.32 Å². The number of carbonyl (C=O) groups excluding carboxylic acids is 2. The standard InChI is InChI=1S/C21H20ClN3O5S/c22-12-6-8-13(9-7-12)23-21-24-19(29)15-18(31-21)17(28)16(27)14(10-26)25(15)20(30)11-4-2-1-3-5-11/h1-9,14-18,26-28H,10H2,(H,23,24,29)/t14-,15-,16-,17+,18-/m1/s1. The van der Waals surface area contributed by atoms with Gasteiger partial charge in [0, 0.05) is 10.6 Å². The molecule has 0 aliphatic carbocycles. The van der Waals surface area contributed by atoms with Gasteiger partial charge in [-0.05, 0) is 36.4 Å². The first kappa shape index (κ1) is 21.8. The van der Waals surface area contributed by atoms with Crippen LogP contribution in [-0.4, -0.2) is 73.3 Å². The Morgan fingerprint density at radius 2 is 1.77 bits per heavy atom. The molecule has 0 unspecified atom stereocenters. The molecule has 0 bridgehead atoms. The maximum Gasteiger partial charge on any atom is 0.254 e. The molecule has 5 atom stereocenters. The van der Waals surface area contributed by atoms with Crippen LogP contribution in [0.3, 0.4) is 0 Å². The third-order valence-corrected chi connectivity index (χ3v) is 6.77. The maximum absolute atomic E-state index is 13.2. The number of halogens is 1. The van der Waals surface area contributed by atoms with Crippen LogP contribution in [0.4, 0.5) is 5.69 Å². The van der Waals surface area contributed by atoms with Gasteiger partial charge in [0.1, 0.15) is 12.1 Å². The molecule has 2 fully saturated rings. The molecule has 2 aromatic rings. The lowest BCUT2D eigenvalue weighted by Gasteiger charge is -2.50. The number of hydrogen-bond acceptors (Lipinski definition) is 7. The van der Waals surface area contributed by atoms with Crippen molar-refractivity contribution in [3.63, 3.8) is 0 Å². The molecule has 10 heteroatoms. The van der Waals surface area contributed by atoms with Crippen LogP contribution in [0.15, 0.2) is 59.6 Å². The Labute approximate surface area is 187 Å². The minimum absolute atomic E-state index is 0.231. The van der Waals surface area contributed by atoms with Gasteiger partial charge in [0.2, 0.25) is 5.91 Å². The molecule has 2 aliphatic heterocycles. The van der Waals surface area contributed by atoms with Gasteiger partial charge in [-0.3, -0.25) is 9.59 Å². The summed E-state index contributed by atoms with van der Waals surface area (Å²) in [5.74, 6) is -1.07. The van der Waals surface area contributed by atoms with E-state index in [-0.39, 0.29) is 5.17 Å². The zero-order valence-corrected chi connectivity index (χ0v) is 17.7. The van der Waals surface area contributed by atoms with E-state index in [2.05, 4.69) is 10.3 Å². The molecule has 2 aromatic carbocycles. The van der Waals surface area contributed by atoms with Gasteiger partial charge >= 0.3 is 0 Å². The molecule has 0 saturated carbocycles. The fraction of sp³-hybridized carbons (Fsp3) is 0.286. The summed E-state index contributed by atoms with van der Waals surface area (Å²) < 4.78 is 0. The summed E-state index contributed by atoms with van der Waals surface area (Å²) in [5.41, 5.74) is 0.851. The van der Waals surface area contributed by atoms with Crippen LogP contribution in [0.2, 0.25) is 5.02 Å². The quantitative estimate of drug-likeness (QED) is 0.544. The largest absolute Gasteiger partial charge is 0.394 e. The van der Waals surface area contributed by atoms with Gasteiger partial charge in [-0.25, -0.2) is 4.99 Å². The second-order valence-corrected chi connectivity index (χ2v) is 8.82. The predicted octanol–water partition coefficient (Wildman–Crippen LogP) is 1.17. The number of likely N-dealkylation sites (tertiary alicyclic amines) is 1. The Bertz CT molecular complexity index is 1000. The molecule has 4 rings (SSSR count). The third-order valence-electron chi connectivity index (χ3n) is 5.29. The number of aliphatic hydroxyl groups is 3. The number of aliphatic hydroxyl groups excluding tert-OH is 3. The summed E-state index contributed by atoms with van der Waals surface area (Å²) in [5, 5.41) is 33.8. The second-order valence-electron chi connectivity index (χ2n) is 7.22. The molecular weight excluding hydrogens is 442 g/mol. The molecule has 0 radical (unpaired) electrons. The van der Waals surface area contributed by atoms with Gasteiger partial charge in [-0.2, -0.15) is 0 Å². The SMILES string of the molecule is O=C1NC(=Nc2ccc(Cl)cc2)S[C@H]2[C@@H](O)[C@H](O)[C@@H](CO)N(C(=O)c3ccccc3)[C@@H]12. The molecule has 162 valence electrons. The maximum atomic E-state index is 13.2. The van der Waals surface area contributed by atoms with Crippen molar-refractivity contribution in [1.29, 1.82) is 0 Å². The number of amidine groups is 1. The van der Waals surface area contributed by atoms with E-state index in [4.69, 9.17) is 11.6 Å². The van der Waals surface area contributed by atoms with Gasteiger partial charge in [0.25, 0.3) is 5.91 Å². The van der Waals surface area contributed by atoms with Crippen molar-refractivity contribution in [2.24, 2.45) is 4.99 Å². The molecule has 2 amide bonds. The number of nitrogens with zero attached hydrogens (tertiary/aromatic N) is 2. The normalized spacial score (nSPS) is 29.4. The fourth-order valence-corrected chi connectivity index (χ4v) is 5.16. The smallest absolute Gasteiger partial charge is 0.254 e. The van der Waals surface area contributed by atoms with Crippen molar-refractivity contribution in [3.8, 4) is 0 Å². The average molecular weight is 462 g/mol. The van der Waals surface area contributed by atoms with Crippen molar-refractivity contribution < 1.29 is 24.9 Å². The van der Waals surface area contributed by atoms with E-state index in [0.29, 0.717) is 16.3 Å². The Morgan fingerprint density at radius 1 is 1.10 bits per heavy atom. The van der Waals surface area contributed by atoms with Crippen LogP contribution in [0.5, 0.6) is 0 Å². The summed E-state index contributed by atoms with van der Waals surface area (Å²) in [7, 11) is 0. The Hall–Kier alpha value is -2.43. The van der Waals surface area contributed by atoms with Gasteiger partial charge in [-0.1, -0.05) is 41.6 Å². The number of rotatable bonds is 3. The van der Waals surface area contributed by atoms with Crippen LogP contribution >= 0.6 is 23.4 Å². The number of piperidine rings is 1. The van der Waals surface area contributed by atoms with E-state index in [1.807, 2.05) is 0 Å². The lowest BCUT2D eigenvalue weighted by Crippen LogP contribution is -2.73. The summed E-state index contributed by atoms with van der Waals surface area (Å²) in [6.07, 6.45) is -2.79. The summed E-state index contributed by atoms with van der Waals surface area (Å²) in [6, 6.07) is 12.7. The number of thioether (sulfide) groups is 1. The molecule has 31 heavy (non-hydrogen) atoms. The topological polar surface area (TPSA) is 122 Å². The highest BCUT2D eigenvalue weighted by Crippen LogP contribution is 2.37. The van der Waals surface area contributed by atoms with Crippen molar-refractivity contribution in [2.45, 2.75) is 29.5 Å². The van der Waals surface area contributed by atoms with Crippen LogP contribution in [0.25, 0.3) is 0 Å². The molecule has 2 heterocycles. The summed E-state index contributed by atoms with van der Waals surface area (Å²) in [4.78, 5) is 31.8. The minimum atomic E-state index is -1.44. The van der Waals surface area contributed by atoms with Crippen molar-refractivity contribution in [2.75, 3.05) is 6.61 Å². The molecular formula is C21H20ClN3O5S. The number of fused-ring (bicyclic) bond motifs is 1. The van der Waals surface area contributed by atoms with E-state index in [9.17, 15) is 24.9 Å². The number of nitrogens with one attached hydrogen (secondary N) is 1. The summed E-state index contributed by atoms with van der Waals surface area (Å²) >= 11 is 6.94. The summed E-state index contributed by atoms with van der Waals surface area (Å²) in [6.45, 7) is -0.607. The molecule has 4 N–H and O–H groups in total. The highest BCUT2D eigenvalue weighted by Gasteiger charge is 2.55. The van der Waals surface area contributed by atoms with Crippen molar-refractivity contribution >= 4 is 46.0 Å². The van der Waals surface area contributed by atoms with Crippen LogP contribution in [0.1, 0.15) is 10.4 Å². The first-order valence-corrected chi connectivity index (χ1v) is 10.8. The lowest BCUT2D eigenvalue weighted by molar-refractivity contribution is -0.137. The first-order valence-electron chi connectivity index (χ1n) is 9.57. The lowest BCUT2D eigenvalue weighted by atomic mass is 9.88. The molecule has 8 nitrogen and oxygen atoms in total. The highest BCUT2D eigenvalue weighted by molar-refractivity contribution is 8.14. The number of aliphatic imine (C=N–C) groups is 1. The van der Waals surface area contributed by atoms with Gasteiger partial charge in [0.05, 0.1) is 29.7 Å². The van der Waals surface area contributed by atoms with E-state index in [0.717, 1.165) is 11.8 Å². The van der Waals surface area contributed by atoms with Gasteiger partial charge < -0.3 is 25.5 Å². The number of benzene rings is 2. The van der Waals surface area contributed by atoms with Gasteiger partial charge in [-0.15, -0.1) is 0 Å². The zero-order valence-electron chi connectivity index (χ0n) is 16.1. The fourth-order valence-electron chi connectivity index (χ4n) is 3.78. The number of amides is 2. The van der Waals surface area contributed by atoms with Gasteiger partial charge in [0.15, 0.2) is 5.17 Å². The van der Waals surface area contributed by atoms with E-state index < -0.39 is 48.0 Å². The Morgan fingerprint density at radius 3 is 2.42 bits per heavy atom. The number of carbonyl (C=O) groups is 2. The van der Waals surface area contributed by atoms with E-state index in [1.54, 1.807) is 54.6 Å². The zero-order chi connectivity index (χ0) is 22.1. The highest BCUT2D eigenvalue weighted by atomic mass is 35.5. The third kappa shape index (κ3) is 4.19. The first-order chi connectivity index (χ1) is 14.9. The second kappa shape index (κ2) is 8.97. The number of hydrogen-bond donors (Lipinski definition) is 4. The van der Waals surface area contributed by atoms with Crippen LogP contribution in [-0.2, 0) is 4.79 Å². The average Bonchev–Trinajstić information content (AvgIpc) is 2.78. The molecule has 0 aromatic heterocycles. The van der Waals surface area contributed by atoms with Crippen LogP contribution in [0, 0.1) is 0 Å². The molecule has 2 saturated heterocycles. The van der Waals surface area contributed by atoms with Crippen molar-refractivity contribution in [3.05, 3.63) is 65.2 Å².